The zero-order chi connectivity index (χ0) is 16.5. The van der Waals surface area contributed by atoms with Crippen LogP contribution >= 0.6 is 12.4 Å². The van der Waals surface area contributed by atoms with E-state index in [-0.39, 0.29) is 29.3 Å². The van der Waals surface area contributed by atoms with Crippen molar-refractivity contribution >= 4 is 28.4 Å². The first-order valence-corrected chi connectivity index (χ1v) is 9.38. The number of carbonyl (C=O) groups excluding carboxylic acids is 1. The lowest BCUT2D eigenvalue weighted by Gasteiger charge is -2.15. The van der Waals surface area contributed by atoms with Crippen LogP contribution in [0.25, 0.3) is 0 Å². The third kappa shape index (κ3) is 3.74. The minimum Gasteiger partial charge on any atom is -0.468 e. The Labute approximate surface area is 148 Å². The van der Waals surface area contributed by atoms with Crippen LogP contribution in [0.2, 0.25) is 0 Å². The molecule has 2 fully saturated rings. The van der Waals surface area contributed by atoms with E-state index >= 15 is 0 Å². The zero-order valence-electron chi connectivity index (χ0n) is 13.6. The minimum atomic E-state index is -3.52. The molecule has 1 saturated heterocycles. The van der Waals surface area contributed by atoms with Gasteiger partial charge in [0.05, 0.1) is 17.4 Å². The number of esters is 1. The molecular weight excluding hydrogens is 352 g/mol. The fraction of sp³-hybridized carbons (Fsp3) is 0.562. The van der Waals surface area contributed by atoms with Crippen LogP contribution in [0.15, 0.2) is 29.2 Å². The molecule has 1 saturated carbocycles. The van der Waals surface area contributed by atoms with Crippen LogP contribution in [-0.2, 0) is 25.0 Å². The molecule has 0 bridgehead atoms. The van der Waals surface area contributed by atoms with Crippen molar-refractivity contribution in [3.8, 4) is 0 Å². The van der Waals surface area contributed by atoms with Crippen molar-refractivity contribution in [3.05, 3.63) is 29.8 Å². The summed E-state index contributed by atoms with van der Waals surface area (Å²) in [5, 5.41) is 3.26. The third-order valence-electron chi connectivity index (χ3n) is 4.73. The van der Waals surface area contributed by atoms with Crippen LogP contribution in [0.1, 0.15) is 31.2 Å². The smallest absolute Gasteiger partial charge is 0.316 e. The first-order valence-electron chi connectivity index (χ1n) is 7.90. The van der Waals surface area contributed by atoms with E-state index in [4.69, 9.17) is 4.74 Å². The highest BCUT2D eigenvalue weighted by Crippen LogP contribution is 2.49. The average Bonchev–Trinajstić information content (AvgIpc) is 3.21. The Morgan fingerprint density at radius 3 is 2.50 bits per heavy atom. The van der Waals surface area contributed by atoms with E-state index in [2.05, 4.69) is 10.0 Å². The van der Waals surface area contributed by atoms with Gasteiger partial charge in [-0.1, -0.05) is 12.1 Å². The van der Waals surface area contributed by atoms with E-state index in [9.17, 15) is 13.2 Å². The van der Waals surface area contributed by atoms with E-state index in [1.165, 1.54) is 7.11 Å². The van der Waals surface area contributed by atoms with E-state index in [0.717, 1.165) is 37.8 Å². The first kappa shape index (κ1) is 19.2. The summed E-state index contributed by atoms with van der Waals surface area (Å²) in [6, 6.07) is 6.75. The summed E-state index contributed by atoms with van der Waals surface area (Å²) in [7, 11) is -2.14. The lowest BCUT2D eigenvalue weighted by Crippen LogP contribution is -2.37. The van der Waals surface area contributed by atoms with Crippen LogP contribution < -0.4 is 10.0 Å². The highest BCUT2D eigenvalue weighted by Gasteiger charge is 2.52. The molecule has 0 amide bonds. The number of benzene rings is 1. The van der Waals surface area contributed by atoms with Gasteiger partial charge in [0, 0.05) is 12.6 Å². The first-order chi connectivity index (χ1) is 11.0. The molecule has 24 heavy (non-hydrogen) atoms. The average molecular weight is 375 g/mol. The van der Waals surface area contributed by atoms with Gasteiger partial charge in [0.25, 0.3) is 0 Å². The molecular formula is C16H23ClN2O4S. The number of rotatable bonds is 6. The van der Waals surface area contributed by atoms with Crippen molar-refractivity contribution in [1.82, 2.24) is 10.0 Å². The molecule has 0 spiro atoms. The molecule has 2 N–H and O–H groups in total. The SMILES string of the molecule is COC(=O)C1(c2ccc(S(=O)(=O)NCC3CCCN3)cc2)CC1.Cl. The van der Waals surface area contributed by atoms with E-state index in [0.29, 0.717) is 6.54 Å². The second-order valence-electron chi connectivity index (χ2n) is 6.24. The Kier molecular flexibility index (Phi) is 5.91. The normalized spacial score (nSPS) is 21.8. The van der Waals surface area contributed by atoms with Crippen LogP contribution in [0.5, 0.6) is 0 Å². The second-order valence-corrected chi connectivity index (χ2v) is 8.01. The summed E-state index contributed by atoms with van der Waals surface area (Å²) >= 11 is 0. The summed E-state index contributed by atoms with van der Waals surface area (Å²) in [6.07, 6.45) is 3.56. The number of halogens is 1. The summed E-state index contributed by atoms with van der Waals surface area (Å²) in [4.78, 5) is 12.1. The van der Waals surface area contributed by atoms with E-state index in [1.54, 1.807) is 24.3 Å². The Morgan fingerprint density at radius 1 is 1.33 bits per heavy atom. The van der Waals surface area contributed by atoms with Crippen LogP contribution in [0.3, 0.4) is 0 Å². The van der Waals surface area contributed by atoms with Gasteiger partial charge in [-0.05, 0) is 49.9 Å². The van der Waals surface area contributed by atoms with Crippen molar-refractivity contribution in [2.24, 2.45) is 0 Å². The van der Waals surface area contributed by atoms with Gasteiger partial charge in [-0.15, -0.1) is 12.4 Å². The number of hydrogen-bond acceptors (Lipinski definition) is 5. The largest absolute Gasteiger partial charge is 0.468 e. The van der Waals surface area contributed by atoms with Gasteiger partial charge < -0.3 is 10.1 Å². The number of nitrogens with one attached hydrogen (secondary N) is 2. The van der Waals surface area contributed by atoms with E-state index < -0.39 is 15.4 Å². The molecule has 1 aliphatic carbocycles. The van der Waals surface area contributed by atoms with Crippen LogP contribution in [0.4, 0.5) is 0 Å². The lowest BCUT2D eigenvalue weighted by atomic mass is 9.96. The summed E-state index contributed by atoms with van der Waals surface area (Å²) < 4.78 is 32.1. The van der Waals surface area contributed by atoms with Gasteiger partial charge in [0.2, 0.25) is 10.0 Å². The van der Waals surface area contributed by atoms with Crippen LogP contribution in [0, 0.1) is 0 Å². The highest BCUT2D eigenvalue weighted by molar-refractivity contribution is 7.89. The van der Waals surface area contributed by atoms with Gasteiger partial charge in [-0.3, -0.25) is 4.79 Å². The maximum atomic E-state index is 12.3. The molecule has 6 nitrogen and oxygen atoms in total. The van der Waals surface area contributed by atoms with E-state index in [1.807, 2.05) is 0 Å². The molecule has 3 rings (SSSR count). The Morgan fingerprint density at radius 2 is 2.00 bits per heavy atom. The maximum Gasteiger partial charge on any atom is 0.316 e. The third-order valence-corrected chi connectivity index (χ3v) is 6.16. The quantitative estimate of drug-likeness (QED) is 0.734. The van der Waals surface area contributed by atoms with Crippen LogP contribution in [-0.4, -0.2) is 40.6 Å². The monoisotopic (exact) mass is 374 g/mol. The van der Waals surface area contributed by atoms with Gasteiger partial charge in [0.1, 0.15) is 0 Å². The van der Waals surface area contributed by atoms with Gasteiger partial charge in [-0.2, -0.15) is 0 Å². The molecule has 0 aromatic heterocycles. The molecule has 1 heterocycles. The van der Waals surface area contributed by atoms with Crippen molar-refractivity contribution in [3.63, 3.8) is 0 Å². The number of ether oxygens (including phenoxy) is 1. The van der Waals surface area contributed by atoms with Crippen molar-refractivity contribution < 1.29 is 17.9 Å². The number of carbonyl (C=O) groups is 1. The minimum absolute atomic E-state index is 0. The zero-order valence-corrected chi connectivity index (χ0v) is 15.2. The van der Waals surface area contributed by atoms with Gasteiger partial charge in [0.15, 0.2) is 0 Å². The molecule has 134 valence electrons. The highest BCUT2D eigenvalue weighted by atomic mass is 35.5. The van der Waals surface area contributed by atoms with Gasteiger partial charge >= 0.3 is 5.97 Å². The van der Waals surface area contributed by atoms with Crippen molar-refractivity contribution in [2.75, 3.05) is 20.2 Å². The van der Waals surface area contributed by atoms with Crippen molar-refractivity contribution in [2.45, 2.75) is 42.0 Å². The number of methoxy groups -OCH3 is 1. The summed E-state index contributed by atoms with van der Waals surface area (Å²) in [5.74, 6) is -0.251. The fourth-order valence-corrected chi connectivity index (χ4v) is 4.19. The Balaban J connectivity index is 0.00000208. The Hall–Kier alpha value is -1.15. The molecule has 1 aromatic carbocycles. The standard InChI is InChI=1S/C16H22N2O4S.ClH/c1-22-15(19)16(8-9-16)12-4-6-14(7-5-12)23(20,21)18-11-13-3-2-10-17-13;/h4-7,13,17-18H,2-3,8-11H2,1H3;1H. The lowest BCUT2D eigenvalue weighted by molar-refractivity contribution is -0.143. The molecule has 2 aliphatic rings. The predicted molar refractivity (Wildman–Crippen MR) is 92.8 cm³/mol. The summed E-state index contributed by atoms with van der Waals surface area (Å²) in [5.41, 5.74) is 0.249. The molecule has 1 aliphatic heterocycles. The number of sulfonamides is 1. The Bertz CT molecular complexity index is 681. The number of hydrogen-bond donors (Lipinski definition) is 2. The fourth-order valence-electron chi connectivity index (χ4n) is 3.11. The maximum absolute atomic E-state index is 12.3. The predicted octanol–water partition coefficient (Wildman–Crippen LogP) is 1.34. The molecule has 1 atom stereocenters. The topological polar surface area (TPSA) is 84.5 Å². The molecule has 1 unspecified atom stereocenters. The molecule has 1 aromatic rings. The second kappa shape index (κ2) is 7.39. The molecule has 8 heteroatoms. The van der Waals surface area contributed by atoms with Crippen molar-refractivity contribution in [1.29, 1.82) is 0 Å². The van der Waals surface area contributed by atoms with Gasteiger partial charge in [-0.25, -0.2) is 13.1 Å². The molecule has 0 radical (unpaired) electrons. The summed E-state index contributed by atoms with van der Waals surface area (Å²) in [6.45, 7) is 1.34.